The van der Waals surface area contributed by atoms with E-state index in [4.69, 9.17) is 0 Å². The van der Waals surface area contributed by atoms with E-state index in [0.717, 1.165) is 0 Å². The van der Waals surface area contributed by atoms with Crippen LogP contribution in [0.5, 0.6) is 0 Å². The Labute approximate surface area is 84.0 Å². The Morgan fingerprint density at radius 1 is 1.54 bits per heavy atom. The van der Waals surface area contributed by atoms with Crippen LogP contribution in [0.15, 0.2) is 0 Å². The van der Waals surface area contributed by atoms with E-state index in [0.29, 0.717) is 0 Å². The van der Waals surface area contributed by atoms with Crippen molar-refractivity contribution in [2.24, 2.45) is 0 Å². The first-order chi connectivity index (χ1) is 5.97. The molecule has 0 radical (unpaired) electrons. The van der Waals surface area contributed by atoms with E-state index in [1.807, 2.05) is 0 Å². The minimum Gasteiger partial charge on any atom is -0.469 e. The molecule has 0 rings (SSSR count). The number of hydrogen-bond donors (Lipinski definition) is 1. The molecule has 0 fully saturated rings. The monoisotopic (exact) mass is 226 g/mol. The number of rotatable bonds is 5. The van der Waals surface area contributed by atoms with Gasteiger partial charge in [0.2, 0.25) is 0 Å². The van der Waals surface area contributed by atoms with Gasteiger partial charge in [0.1, 0.15) is 0 Å². The number of sulfone groups is 1. The Hall–Kier alpha value is -0.230. The summed E-state index contributed by atoms with van der Waals surface area (Å²) in [6.07, 6.45) is -0.115. The molecule has 13 heavy (non-hydrogen) atoms. The molecular weight excluding hydrogens is 212 g/mol. The second-order valence-electron chi connectivity index (χ2n) is 2.54. The van der Waals surface area contributed by atoms with Crippen molar-refractivity contribution in [2.45, 2.75) is 18.6 Å². The molecule has 0 N–H and O–H groups in total. The molecule has 0 aliphatic heterocycles. The maximum Gasteiger partial charge on any atom is 0.306 e. The third kappa shape index (κ3) is 3.99. The number of hydrogen-bond acceptors (Lipinski definition) is 5. The summed E-state index contributed by atoms with van der Waals surface area (Å²) in [5, 5.41) is -0.728. The number of thiol groups is 1. The minimum absolute atomic E-state index is 0.0230. The fourth-order valence-electron chi connectivity index (χ4n) is 0.810. The largest absolute Gasteiger partial charge is 0.469 e. The quantitative estimate of drug-likeness (QED) is 0.540. The lowest BCUT2D eigenvalue weighted by atomic mass is 10.3. The molecule has 0 spiro atoms. The van der Waals surface area contributed by atoms with Gasteiger partial charge in [-0.3, -0.25) is 4.79 Å². The Morgan fingerprint density at radius 2 is 2.08 bits per heavy atom. The zero-order valence-corrected chi connectivity index (χ0v) is 9.40. The standard InChI is InChI=1S/C7H14O4S2/c1-3-13(9,10)6(5-12)4-7(8)11-2/h6,12H,3-5H2,1-2H3. The van der Waals surface area contributed by atoms with Gasteiger partial charge in [0.15, 0.2) is 9.84 Å². The van der Waals surface area contributed by atoms with Crippen molar-refractivity contribution < 1.29 is 17.9 Å². The predicted molar refractivity (Wildman–Crippen MR) is 53.7 cm³/mol. The molecule has 0 heterocycles. The first-order valence-corrected chi connectivity index (χ1v) is 6.22. The molecule has 4 nitrogen and oxygen atoms in total. The molecule has 0 aliphatic rings. The van der Waals surface area contributed by atoms with Crippen molar-refractivity contribution >= 4 is 28.4 Å². The highest BCUT2D eigenvalue weighted by atomic mass is 32.2. The molecule has 0 bridgehead atoms. The van der Waals surface area contributed by atoms with Crippen LogP contribution in [-0.4, -0.2) is 38.3 Å². The molecule has 0 saturated heterocycles. The molecule has 78 valence electrons. The molecular formula is C7H14O4S2. The van der Waals surface area contributed by atoms with Crippen molar-refractivity contribution in [3.8, 4) is 0 Å². The van der Waals surface area contributed by atoms with Crippen LogP contribution in [0.25, 0.3) is 0 Å². The zero-order valence-electron chi connectivity index (χ0n) is 7.69. The lowest BCUT2D eigenvalue weighted by molar-refractivity contribution is -0.140. The Bertz CT molecular complexity index is 258. The summed E-state index contributed by atoms with van der Waals surface area (Å²) in [4.78, 5) is 10.8. The average Bonchev–Trinajstić information content (AvgIpc) is 2.13. The molecule has 0 aromatic heterocycles. The predicted octanol–water partition coefficient (Wildman–Crippen LogP) is 0.283. The number of ether oxygens (including phenoxy) is 1. The van der Waals surface area contributed by atoms with Crippen LogP contribution in [0.2, 0.25) is 0 Å². The summed E-state index contributed by atoms with van der Waals surface area (Å²) in [6.45, 7) is 1.54. The van der Waals surface area contributed by atoms with Gasteiger partial charge in [-0.05, 0) is 0 Å². The Morgan fingerprint density at radius 3 is 2.38 bits per heavy atom. The Balaban J connectivity index is 4.44. The maximum absolute atomic E-state index is 11.3. The third-order valence-corrected chi connectivity index (χ3v) is 4.58. The van der Waals surface area contributed by atoms with Crippen LogP contribution in [0.1, 0.15) is 13.3 Å². The third-order valence-electron chi connectivity index (χ3n) is 1.74. The second-order valence-corrected chi connectivity index (χ2v) is 5.47. The van der Waals surface area contributed by atoms with E-state index < -0.39 is 21.1 Å². The first-order valence-electron chi connectivity index (χ1n) is 3.87. The van der Waals surface area contributed by atoms with Crippen LogP contribution in [0.3, 0.4) is 0 Å². The van der Waals surface area contributed by atoms with Crippen molar-refractivity contribution in [1.82, 2.24) is 0 Å². The molecule has 0 saturated carbocycles. The summed E-state index contributed by atoms with van der Waals surface area (Å²) in [6, 6.07) is 0. The zero-order chi connectivity index (χ0) is 10.5. The average molecular weight is 226 g/mol. The van der Waals surface area contributed by atoms with E-state index >= 15 is 0 Å². The van der Waals surface area contributed by atoms with Crippen LogP contribution in [-0.2, 0) is 19.4 Å². The highest BCUT2D eigenvalue weighted by molar-refractivity contribution is 7.93. The van der Waals surface area contributed by atoms with E-state index in [2.05, 4.69) is 17.4 Å². The summed E-state index contributed by atoms with van der Waals surface area (Å²) in [5.41, 5.74) is 0. The van der Waals surface area contributed by atoms with Gasteiger partial charge in [-0.15, -0.1) is 0 Å². The number of carbonyl (C=O) groups excluding carboxylic acids is 1. The molecule has 0 aromatic carbocycles. The van der Waals surface area contributed by atoms with E-state index in [9.17, 15) is 13.2 Å². The van der Waals surface area contributed by atoms with Crippen molar-refractivity contribution in [3.05, 3.63) is 0 Å². The second kappa shape index (κ2) is 5.49. The molecule has 0 aromatic rings. The SMILES string of the molecule is CCS(=O)(=O)C(CS)CC(=O)OC. The van der Waals surface area contributed by atoms with E-state index in [1.54, 1.807) is 6.92 Å². The molecule has 1 unspecified atom stereocenters. The van der Waals surface area contributed by atoms with Gasteiger partial charge in [-0.1, -0.05) is 6.92 Å². The van der Waals surface area contributed by atoms with Gasteiger partial charge < -0.3 is 4.74 Å². The van der Waals surface area contributed by atoms with Crippen LogP contribution >= 0.6 is 12.6 Å². The van der Waals surface area contributed by atoms with Crippen LogP contribution < -0.4 is 0 Å². The molecule has 1 atom stereocenters. The van der Waals surface area contributed by atoms with Gasteiger partial charge in [0, 0.05) is 11.5 Å². The lowest BCUT2D eigenvalue weighted by Gasteiger charge is -2.12. The summed E-state index contributed by atoms with van der Waals surface area (Å²) >= 11 is 3.89. The molecule has 0 amide bonds. The van der Waals surface area contributed by atoms with Gasteiger partial charge in [-0.2, -0.15) is 12.6 Å². The van der Waals surface area contributed by atoms with Crippen molar-refractivity contribution in [1.29, 1.82) is 0 Å². The van der Waals surface area contributed by atoms with Gasteiger partial charge >= 0.3 is 5.97 Å². The van der Waals surface area contributed by atoms with Crippen LogP contribution in [0, 0.1) is 0 Å². The first kappa shape index (κ1) is 12.8. The van der Waals surface area contributed by atoms with Gasteiger partial charge in [0.25, 0.3) is 0 Å². The summed E-state index contributed by atoms with van der Waals surface area (Å²) in [5.74, 6) is -0.350. The smallest absolute Gasteiger partial charge is 0.306 e. The van der Waals surface area contributed by atoms with Crippen molar-refractivity contribution in [3.63, 3.8) is 0 Å². The fraction of sp³-hybridized carbons (Fsp3) is 0.857. The Kier molecular flexibility index (Phi) is 5.39. The minimum atomic E-state index is -3.19. The van der Waals surface area contributed by atoms with Gasteiger partial charge in [0.05, 0.1) is 18.8 Å². The summed E-state index contributed by atoms with van der Waals surface area (Å²) < 4.78 is 27.0. The summed E-state index contributed by atoms with van der Waals surface area (Å²) in [7, 11) is -1.96. The van der Waals surface area contributed by atoms with E-state index in [1.165, 1.54) is 7.11 Å². The highest BCUT2D eigenvalue weighted by Gasteiger charge is 2.25. The van der Waals surface area contributed by atoms with Crippen molar-refractivity contribution in [2.75, 3.05) is 18.6 Å². The molecule has 0 aliphatic carbocycles. The fourth-order valence-corrected chi connectivity index (χ4v) is 2.71. The molecule has 6 heteroatoms. The number of carbonyl (C=O) groups is 1. The van der Waals surface area contributed by atoms with E-state index in [-0.39, 0.29) is 17.9 Å². The van der Waals surface area contributed by atoms with Crippen LogP contribution in [0.4, 0.5) is 0 Å². The lowest BCUT2D eigenvalue weighted by Crippen LogP contribution is -2.28. The topological polar surface area (TPSA) is 60.4 Å². The normalized spacial score (nSPS) is 13.8. The number of esters is 1. The maximum atomic E-state index is 11.3. The number of methoxy groups -OCH3 is 1. The highest BCUT2D eigenvalue weighted by Crippen LogP contribution is 2.09. The van der Waals surface area contributed by atoms with Gasteiger partial charge in [-0.25, -0.2) is 8.42 Å².